The molecule has 18 heavy (non-hydrogen) atoms. The third-order valence-corrected chi connectivity index (χ3v) is 4.34. The van der Waals surface area contributed by atoms with Crippen molar-refractivity contribution in [3.05, 3.63) is 18.7 Å². The fourth-order valence-corrected chi connectivity index (χ4v) is 3.36. The van der Waals surface area contributed by atoms with Crippen molar-refractivity contribution in [1.29, 1.82) is 0 Å². The maximum atomic E-state index is 12.3. The maximum Gasteiger partial charge on any atom is 0.329 e. The molecule has 3 heterocycles. The lowest BCUT2D eigenvalue weighted by atomic mass is 9.84. The van der Waals surface area contributed by atoms with E-state index in [-0.39, 0.29) is 6.03 Å². The van der Waals surface area contributed by atoms with Crippen LogP contribution in [0.3, 0.4) is 0 Å². The summed E-state index contributed by atoms with van der Waals surface area (Å²) >= 11 is 0. The Labute approximate surface area is 107 Å². The molecule has 1 amide bonds. The Morgan fingerprint density at radius 1 is 1.33 bits per heavy atom. The summed E-state index contributed by atoms with van der Waals surface area (Å²) in [6, 6.07) is 0.741. The lowest BCUT2D eigenvalue weighted by Crippen LogP contribution is -2.54. The Morgan fingerprint density at radius 2 is 2.22 bits per heavy atom. The van der Waals surface area contributed by atoms with Gasteiger partial charge in [0.1, 0.15) is 6.33 Å². The van der Waals surface area contributed by atoms with Crippen LogP contribution in [0, 0.1) is 5.92 Å². The van der Waals surface area contributed by atoms with Crippen molar-refractivity contribution in [3.63, 3.8) is 0 Å². The van der Waals surface area contributed by atoms with Crippen LogP contribution in [-0.4, -0.2) is 58.1 Å². The summed E-state index contributed by atoms with van der Waals surface area (Å²) in [5, 5.41) is 0. The average molecular weight is 248 g/mol. The molecule has 0 bridgehead atoms. The van der Waals surface area contributed by atoms with Crippen molar-refractivity contribution < 1.29 is 4.79 Å². The molecule has 5 nitrogen and oxygen atoms in total. The zero-order chi connectivity index (χ0) is 12.5. The van der Waals surface area contributed by atoms with E-state index < -0.39 is 0 Å². The normalized spacial score (nSPS) is 29.1. The second-order valence-electron chi connectivity index (χ2n) is 5.44. The molecule has 0 radical (unpaired) electrons. The molecule has 2 fully saturated rings. The van der Waals surface area contributed by atoms with Crippen LogP contribution in [0.2, 0.25) is 0 Å². The summed E-state index contributed by atoms with van der Waals surface area (Å²) in [5.74, 6) is 0.643. The molecule has 0 spiro atoms. The van der Waals surface area contributed by atoms with E-state index in [0.717, 1.165) is 19.5 Å². The van der Waals surface area contributed by atoms with Crippen molar-refractivity contribution in [2.24, 2.45) is 5.92 Å². The first kappa shape index (κ1) is 11.7. The van der Waals surface area contributed by atoms with Crippen LogP contribution in [0.1, 0.15) is 19.3 Å². The number of likely N-dealkylation sites (tertiary alicyclic amines) is 2. The molecule has 1 aromatic rings. The van der Waals surface area contributed by atoms with Gasteiger partial charge in [-0.1, -0.05) is 0 Å². The highest BCUT2D eigenvalue weighted by Gasteiger charge is 2.35. The van der Waals surface area contributed by atoms with E-state index in [1.165, 1.54) is 19.4 Å². The molecule has 2 atom stereocenters. The molecule has 1 aromatic heterocycles. The van der Waals surface area contributed by atoms with Gasteiger partial charge in [0.25, 0.3) is 0 Å². The first-order chi connectivity index (χ1) is 8.75. The standard InChI is InChI=1S/C13H20N4O/c1-15-6-2-3-11-9-16(7-4-12(11)15)13(18)17-8-5-14-10-17/h5,8,10-12H,2-4,6-7,9H2,1H3. The van der Waals surface area contributed by atoms with Crippen molar-refractivity contribution in [2.75, 3.05) is 26.7 Å². The quantitative estimate of drug-likeness (QED) is 0.694. The maximum absolute atomic E-state index is 12.3. The summed E-state index contributed by atoms with van der Waals surface area (Å²) in [7, 11) is 2.21. The Kier molecular flexibility index (Phi) is 3.07. The molecule has 0 aliphatic carbocycles. The van der Waals surface area contributed by atoms with Gasteiger partial charge in [-0.15, -0.1) is 0 Å². The largest absolute Gasteiger partial charge is 0.329 e. The monoisotopic (exact) mass is 248 g/mol. The number of carbonyl (C=O) groups excluding carboxylic acids is 1. The van der Waals surface area contributed by atoms with Gasteiger partial charge in [-0.25, -0.2) is 9.78 Å². The molecular weight excluding hydrogens is 228 g/mol. The molecule has 0 N–H and O–H groups in total. The van der Waals surface area contributed by atoms with E-state index in [4.69, 9.17) is 0 Å². The highest BCUT2D eigenvalue weighted by Crippen LogP contribution is 2.29. The molecule has 0 saturated carbocycles. The van der Waals surface area contributed by atoms with Crippen LogP contribution in [0.5, 0.6) is 0 Å². The number of fused-ring (bicyclic) bond motifs is 1. The number of hydrogen-bond acceptors (Lipinski definition) is 3. The van der Waals surface area contributed by atoms with E-state index in [1.807, 2.05) is 4.90 Å². The minimum absolute atomic E-state index is 0.0687. The van der Waals surface area contributed by atoms with Crippen LogP contribution < -0.4 is 0 Å². The third kappa shape index (κ3) is 2.03. The molecule has 98 valence electrons. The molecule has 2 unspecified atom stereocenters. The smallest absolute Gasteiger partial charge is 0.324 e. The summed E-state index contributed by atoms with van der Waals surface area (Å²) in [6.45, 7) is 2.96. The van der Waals surface area contributed by atoms with Crippen LogP contribution in [-0.2, 0) is 0 Å². The Balaban J connectivity index is 1.69. The molecule has 2 saturated heterocycles. The number of hydrogen-bond donors (Lipinski definition) is 0. The van der Waals surface area contributed by atoms with Crippen LogP contribution >= 0.6 is 0 Å². The number of amides is 1. The molecule has 5 heteroatoms. The van der Waals surface area contributed by atoms with E-state index in [0.29, 0.717) is 12.0 Å². The first-order valence-corrected chi connectivity index (χ1v) is 6.73. The Bertz CT molecular complexity index is 417. The van der Waals surface area contributed by atoms with Gasteiger partial charge in [0.2, 0.25) is 0 Å². The summed E-state index contributed by atoms with van der Waals surface area (Å²) < 4.78 is 1.58. The highest BCUT2D eigenvalue weighted by molar-refractivity contribution is 5.76. The zero-order valence-electron chi connectivity index (χ0n) is 10.8. The Hall–Kier alpha value is -1.36. The summed E-state index contributed by atoms with van der Waals surface area (Å²) in [6.07, 6.45) is 8.57. The van der Waals surface area contributed by atoms with E-state index in [2.05, 4.69) is 16.9 Å². The van der Waals surface area contributed by atoms with Gasteiger partial charge in [0.15, 0.2) is 0 Å². The van der Waals surface area contributed by atoms with Gasteiger partial charge < -0.3 is 9.80 Å². The SMILES string of the molecule is CN1CCCC2CN(C(=O)n3ccnc3)CCC21. The summed E-state index contributed by atoms with van der Waals surface area (Å²) in [5.41, 5.74) is 0. The topological polar surface area (TPSA) is 41.4 Å². The van der Waals surface area contributed by atoms with E-state index >= 15 is 0 Å². The molecule has 0 aromatic carbocycles. The van der Waals surface area contributed by atoms with Crippen molar-refractivity contribution >= 4 is 6.03 Å². The van der Waals surface area contributed by atoms with Crippen LogP contribution in [0.15, 0.2) is 18.7 Å². The zero-order valence-corrected chi connectivity index (χ0v) is 10.8. The van der Waals surface area contributed by atoms with Crippen molar-refractivity contribution in [3.8, 4) is 0 Å². The first-order valence-electron chi connectivity index (χ1n) is 6.73. The van der Waals surface area contributed by atoms with Gasteiger partial charge >= 0.3 is 6.03 Å². The van der Waals surface area contributed by atoms with Crippen molar-refractivity contribution in [1.82, 2.24) is 19.4 Å². The number of nitrogens with zero attached hydrogens (tertiary/aromatic N) is 4. The van der Waals surface area contributed by atoms with Gasteiger partial charge in [-0.3, -0.25) is 4.57 Å². The van der Waals surface area contributed by atoms with E-state index in [9.17, 15) is 4.79 Å². The second-order valence-corrected chi connectivity index (χ2v) is 5.44. The number of piperidine rings is 2. The fraction of sp³-hybridized carbons (Fsp3) is 0.692. The minimum Gasteiger partial charge on any atom is -0.324 e. The predicted molar refractivity (Wildman–Crippen MR) is 68.4 cm³/mol. The molecular formula is C13H20N4O. The molecule has 2 aliphatic rings. The van der Waals surface area contributed by atoms with Crippen molar-refractivity contribution in [2.45, 2.75) is 25.3 Å². The average Bonchev–Trinajstić information content (AvgIpc) is 2.91. The highest BCUT2D eigenvalue weighted by atomic mass is 16.2. The van der Waals surface area contributed by atoms with Crippen LogP contribution in [0.4, 0.5) is 4.79 Å². The van der Waals surface area contributed by atoms with Gasteiger partial charge in [0, 0.05) is 31.5 Å². The minimum atomic E-state index is 0.0687. The Morgan fingerprint density at radius 3 is 3.00 bits per heavy atom. The predicted octanol–water partition coefficient (Wildman–Crippen LogP) is 1.27. The number of aromatic nitrogens is 2. The van der Waals surface area contributed by atoms with Gasteiger partial charge in [0.05, 0.1) is 0 Å². The lowest BCUT2D eigenvalue weighted by molar-refractivity contribution is 0.0519. The molecule has 3 rings (SSSR count). The van der Waals surface area contributed by atoms with Crippen LogP contribution in [0.25, 0.3) is 0 Å². The van der Waals surface area contributed by atoms with E-state index in [1.54, 1.807) is 23.3 Å². The summed E-state index contributed by atoms with van der Waals surface area (Å²) in [4.78, 5) is 20.6. The van der Waals surface area contributed by atoms with Gasteiger partial charge in [-0.2, -0.15) is 0 Å². The number of rotatable bonds is 0. The second kappa shape index (κ2) is 4.72. The lowest BCUT2D eigenvalue weighted by Gasteiger charge is -2.45. The third-order valence-electron chi connectivity index (χ3n) is 4.34. The molecule has 2 aliphatic heterocycles. The number of carbonyl (C=O) groups is 1. The van der Waals surface area contributed by atoms with Gasteiger partial charge in [-0.05, 0) is 38.8 Å². The number of imidazole rings is 1. The fourth-order valence-electron chi connectivity index (χ4n) is 3.36.